The van der Waals surface area contributed by atoms with Crippen LogP contribution < -0.4 is 0 Å². The zero-order valence-corrected chi connectivity index (χ0v) is 14.9. The molecule has 1 unspecified atom stereocenters. The molecular weight excluding hydrogens is 294 g/mol. The third-order valence-electron chi connectivity index (χ3n) is 3.29. The van der Waals surface area contributed by atoms with Gasteiger partial charge in [-0.25, -0.2) is 0 Å². The highest BCUT2D eigenvalue weighted by Gasteiger charge is 2.31. The lowest BCUT2D eigenvalue weighted by Gasteiger charge is -2.34. The molecule has 1 aromatic carbocycles. The van der Waals surface area contributed by atoms with Crippen LogP contribution in [0.25, 0.3) is 0 Å². The van der Waals surface area contributed by atoms with Crippen LogP contribution in [0.4, 0.5) is 0 Å². The number of nitrogens with zero attached hydrogens (tertiary/aromatic N) is 1. The Morgan fingerprint density at radius 3 is 2.30 bits per heavy atom. The average Bonchev–Trinajstić information content (AvgIpc) is 2.36. The molecule has 1 aromatic rings. The molecule has 0 aliphatic rings. The third kappa shape index (κ3) is 6.74. The monoisotopic (exact) mass is 322 g/mol. The fourth-order valence-electron chi connectivity index (χ4n) is 2.26. The second-order valence-corrected chi connectivity index (χ2v) is 7.04. The number of carbonyl (C=O) groups is 1. The first-order chi connectivity index (χ1) is 10.5. The topological polar surface area (TPSA) is 55.8 Å². The molecule has 0 aromatic heterocycles. The number of ether oxygens (including phenoxy) is 2. The minimum Gasteiger partial charge on any atom is -0.477 e. The number of esters is 1. The maximum Gasteiger partial charge on any atom is 0.333 e. The van der Waals surface area contributed by atoms with Crippen LogP contribution >= 0.6 is 0 Å². The number of hydrogen-bond acceptors (Lipinski definition) is 4. The first-order valence-corrected chi connectivity index (χ1v) is 7.64. The maximum absolute atomic E-state index is 11.2. The molecule has 1 rings (SSSR count). The molecule has 0 spiro atoms. The van der Waals surface area contributed by atoms with E-state index < -0.39 is 5.60 Å². The Hall–Kier alpha value is -2.01. The smallest absolute Gasteiger partial charge is 0.333 e. The first-order valence-electron chi connectivity index (χ1n) is 7.64. The van der Waals surface area contributed by atoms with Gasteiger partial charge in [0.15, 0.2) is 12.2 Å². The Morgan fingerprint density at radius 1 is 1.26 bits per heavy atom. The van der Waals surface area contributed by atoms with E-state index in [1.807, 2.05) is 65.2 Å². The standard InChI is InChI=1S/C18H27NO4/c1-14(20)22-13-16(15-10-8-7-9-11-15)19(5,6)12-17(21)23-18(2,3)4/h7-12,16H,13H2,1-6H3/p+1/b17-12+. The molecule has 0 bridgehead atoms. The zero-order valence-electron chi connectivity index (χ0n) is 14.9. The summed E-state index contributed by atoms with van der Waals surface area (Å²) in [6, 6.07) is 9.60. The zero-order chi connectivity index (χ0) is 17.7. The normalized spacial score (nSPS) is 14.3. The van der Waals surface area contributed by atoms with Gasteiger partial charge in [0.25, 0.3) is 0 Å². The van der Waals surface area contributed by atoms with Crippen molar-refractivity contribution in [3.63, 3.8) is 0 Å². The van der Waals surface area contributed by atoms with Crippen LogP contribution in [0.3, 0.4) is 0 Å². The number of carbonyl (C=O) groups excluding carboxylic acids is 1. The van der Waals surface area contributed by atoms with E-state index in [9.17, 15) is 9.90 Å². The molecule has 5 nitrogen and oxygen atoms in total. The minimum absolute atomic E-state index is 0.147. The van der Waals surface area contributed by atoms with Crippen molar-refractivity contribution in [3.05, 3.63) is 48.0 Å². The fourth-order valence-corrected chi connectivity index (χ4v) is 2.26. The van der Waals surface area contributed by atoms with E-state index in [-0.39, 0.29) is 29.0 Å². The number of hydrogen-bond donors (Lipinski definition) is 1. The second-order valence-electron chi connectivity index (χ2n) is 7.04. The van der Waals surface area contributed by atoms with Crippen LogP contribution in [0.15, 0.2) is 42.5 Å². The van der Waals surface area contributed by atoms with Crippen LogP contribution in [0.5, 0.6) is 0 Å². The van der Waals surface area contributed by atoms with Crippen molar-refractivity contribution < 1.29 is 23.9 Å². The molecule has 0 radical (unpaired) electrons. The van der Waals surface area contributed by atoms with Crippen molar-refractivity contribution in [1.82, 2.24) is 0 Å². The van der Waals surface area contributed by atoms with Gasteiger partial charge in [0.2, 0.25) is 0 Å². The van der Waals surface area contributed by atoms with E-state index in [2.05, 4.69) is 0 Å². The van der Waals surface area contributed by atoms with E-state index in [4.69, 9.17) is 9.47 Å². The molecule has 1 atom stereocenters. The summed E-state index contributed by atoms with van der Waals surface area (Å²) >= 11 is 0. The first kappa shape index (κ1) is 19.0. The summed E-state index contributed by atoms with van der Waals surface area (Å²) in [7, 11) is 3.84. The quantitative estimate of drug-likeness (QED) is 0.494. The number of benzene rings is 1. The molecule has 1 N–H and O–H groups in total. The molecular formula is C18H28NO4+. The summed E-state index contributed by atoms with van der Waals surface area (Å²) in [6.45, 7) is 7.20. The van der Waals surface area contributed by atoms with Crippen LogP contribution in [-0.4, -0.2) is 41.9 Å². The van der Waals surface area contributed by atoms with Crippen molar-refractivity contribution >= 4 is 5.97 Å². The van der Waals surface area contributed by atoms with Gasteiger partial charge in [-0.15, -0.1) is 0 Å². The van der Waals surface area contributed by atoms with E-state index in [1.54, 1.807) is 6.20 Å². The van der Waals surface area contributed by atoms with E-state index in [0.717, 1.165) is 5.56 Å². The molecule has 0 heterocycles. The molecule has 0 fully saturated rings. The molecule has 5 heteroatoms. The van der Waals surface area contributed by atoms with Gasteiger partial charge in [0.05, 0.1) is 14.1 Å². The van der Waals surface area contributed by atoms with Crippen LogP contribution in [-0.2, 0) is 14.3 Å². The summed E-state index contributed by atoms with van der Waals surface area (Å²) in [4.78, 5) is 11.2. The van der Waals surface area contributed by atoms with Crippen LogP contribution in [0.1, 0.15) is 39.3 Å². The Kier molecular flexibility index (Phi) is 6.21. The largest absolute Gasteiger partial charge is 0.477 e. The summed E-state index contributed by atoms with van der Waals surface area (Å²) < 4.78 is 11.0. The van der Waals surface area contributed by atoms with Crippen molar-refractivity contribution in [1.29, 1.82) is 0 Å². The Balaban J connectivity index is 3.08. The van der Waals surface area contributed by atoms with Crippen molar-refractivity contribution in [3.8, 4) is 0 Å². The molecule has 0 saturated heterocycles. The summed E-state index contributed by atoms with van der Waals surface area (Å²) in [5, 5.41) is 10.1. The summed E-state index contributed by atoms with van der Waals surface area (Å²) in [5.41, 5.74) is 0.525. The molecule has 0 aliphatic heterocycles. The van der Waals surface area contributed by atoms with Gasteiger partial charge in [-0.05, 0) is 20.8 Å². The maximum atomic E-state index is 11.2. The van der Waals surface area contributed by atoms with Gasteiger partial charge in [-0.2, -0.15) is 0 Å². The van der Waals surface area contributed by atoms with Gasteiger partial charge < -0.3 is 14.6 Å². The van der Waals surface area contributed by atoms with E-state index >= 15 is 0 Å². The Bertz CT molecular complexity index is 544. The lowest BCUT2D eigenvalue weighted by Crippen LogP contribution is -2.41. The Labute approximate surface area is 138 Å². The fraction of sp³-hybridized carbons (Fsp3) is 0.500. The molecule has 23 heavy (non-hydrogen) atoms. The molecule has 0 aliphatic carbocycles. The van der Waals surface area contributed by atoms with Gasteiger partial charge in [0.1, 0.15) is 12.2 Å². The van der Waals surface area contributed by atoms with Gasteiger partial charge in [0, 0.05) is 12.5 Å². The second kappa shape index (κ2) is 7.51. The highest BCUT2D eigenvalue weighted by molar-refractivity contribution is 5.65. The molecule has 128 valence electrons. The summed E-state index contributed by atoms with van der Waals surface area (Å²) in [5.74, 6) is -0.476. The Morgan fingerprint density at radius 2 is 1.83 bits per heavy atom. The van der Waals surface area contributed by atoms with Crippen molar-refractivity contribution in [2.45, 2.75) is 39.3 Å². The lowest BCUT2D eigenvalue weighted by atomic mass is 10.1. The third-order valence-corrected chi connectivity index (χ3v) is 3.29. The predicted octanol–water partition coefficient (Wildman–Crippen LogP) is 3.54. The highest BCUT2D eigenvalue weighted by atomic mass is 16.6. The van der Waals surface area contributed by atoms with Gasteiger partial charge in [-0.1, -0.05) is 30.3 Å². The van der Waals surface area contributed by atoms with Crippen LogP contribution in [0.2, 0.25) is 0 Å². The average molecular weight is 322 g/mol. The highest BCUT2D eigenvalue weighted by Crippen LogP contribution is 2.27. The summed E-state index contributed by atoms with van der Waals surface area (Å²) in [6.07, 6.45) is 1.62. The number of likely N-dealkylation sites (N-methyl/N-ethyl adjacent to an activating group) is 1. The minimum atomic E-state index is -0.487. The number of rotatable bonds is 6. The van der Waals surface area contributed by atoms with Crippen LogP contribution in [0, 0.1) is 0 Å². The molecule has 0 amide bonds. The lowest BCUT2D eigenvalue weighted by molar-refractivity contribution is -0.873. The van der Waals surface area contributed by atoms with E-state index in [0.29, 0.717) is 0 Å². The number of aliphatic hydroxyl groups is 1. The number of aliphatic hydroxyl groups excluding tert-OH is 1. The molecule has 0 saturated carbocycles. The SMILES string of the molecule is CC(=O)OCC(c1ccccc1)[N+](C)(C)/C=C(\O)OC(C)(C)C. The van der Waals surface area contributed by atoms with Crippen molar-refractivity contribution in [2.75, 3.05) is 20.7 Å². The number of quaternary nitrogens is 1. The van der Waals surface area contributed by atoms with Crippen molar-refractivity contribution in [2.24, 2.45) is 0 Å². The van der Waals surface area contributed by atoms with Gasteiger partial charge >= 0.3 is 11.9 Å². The predicted molar refractivity (Wildman–Crippen MR) is 89.5 cm³/mol. The van der Waals surface area contributed by atoms with E-state index in [1.165, 1.54) is 6.92 Å². The van der Waals surface area contributed by atoms with Gasteiger partial charge in [-0.3, -0.25) is 9.28 Å².